The SMILES string of the molecule is C/N=C/C=C/c1c(C)sc2nc(Cn3nc(C(F)(F)F)cc3Cl)cc(=O)n12. The van der Waals surface area contributed by atoms with Crippen molar-refractivity contribution in [2.45, 2.75) is 19.6 Å². The summed E-state index contributed by atoms with van der Waals surface area (Å²) in [7, 11) is 1.63. The van der Waals surface area contributed by atoms with E-state index in [1.54, 1.807) is 25.4 Å². The van der Waals surface area contributed by atoms with Crippen LogP contribution in [0, 0.1) is 6.92 Å². The molecule has 27 heavy (non-hydrogen) atoms. The molecule has 0 aliphatic carbocycles. The first-order chi connectivity index (χ1) is 12.7. The number of aryl methyl sites for hydroxylation is 1. The van der Waals surface area contributed by atoms with Crippen LogP contribution in [0.15, 0.2) is 28.0 Å². The molecule has 142 valence electrons. The average Bonchev–Trinajstić information content (AvgIpc) is 3.08. The highest BCUT2D eigenvalue weighted by Crippen LogP contribution is 2.30. The molecule has 0 N–H and O–H groups in total. The molecule has 0 aliphatic rings. The predicted octanol–water partition coefficient (Wildman–Crippen LogP) is 3.70. The molecule has 3 aromatic heterocycles. The highest BCUT2D eigenvalue weighted by atomic mass is 35.5. The summed E-state index contributed by atoms with van der Waals surface area (Å²) in [6, 6.07) is 2.00. The number of halogens is 4. The van der Waals surface area contributed by atoms with E-state index in [0.29, 0.717) is 10.7 Å². The van der Waals surface area contributed by atoms with Gasteiger partial charge in [0.1, 0.15) is 5.15 Å². The number of rotatable bonds is 4. The van der Waals surface area contributed by atoms with Gasteiger partial charge in [0.25, 0.3) is 5.56 Å². The molecule has 0 fully saturated rings. The van der Waals surface area contributed by atoms with Gasteiger partial charge in [0, 0.05) is 30.3 Å². The first-order valence-corrected chi connectivity index (χ1v) is 8.81. The van der Waals surface area contributed by atoms with Gasteiger partial charge in [-0.2, -0.15) is 18.3 Å². The molecular weight excluding hydrogens is 403 g/mol. The molecule has 0 spiro atoms. The first-order valence-electron chi connectivity index (χ1n) is 7.62. The maximum absolute atomic E-state index is 12.7. The van der Waals surface area contributed by atoms with Crippen LogP contribution in [0.25, 0.3) is 11.0 Å². The lowest BCUT2D eigenvalue weighted by molar-refractivity contribution is -0.141. The summed E-state index contributed by atoms with van der Waals surface area (Å²) in [5.41, 5.74) is -0.491. The van der Waals surface area contributed by atoms with Crippen LogP contribution < -0.4 is 5.56 Å². The van der Waals surface area contributed by atoms with E-state index in [-0.39, 0.29) is 23.0 Å². The monoisotopic (exact) mass is 415 g/mol. The Bertz CT molecular complexity index is 1110. The molecule has 0 aliphatic heterocycles. The number of hydrogen-bond donors (Lipinski definition) is 0. The summed E-state index contributed by atoms with van der Waals surface area (Å²) in [5.74, 6) is 0. The summed E-state index contributed by atoms with van der Waals surface area (Å²) in [6.07, 6.45) is 0.443. The minimum Gasteiger partial charge on any atom is -0.297 e. The molecule has 0 atom stereocenters. The van der Waals surface area contributed by atoms with E-state index in [0.717, 1.165) is 15.6 Å². The van der Waals surface area contributed by atoms with E-state index in [4.69, 9.17) is 11.6 Å². The zero-order chi connectivity index (χ0) is 19.8. The van der Waals surface area contributed by atoms with Gasteiger partial charge in [0.15, 0.2) is 10.7 Å². The Hall–Kier alpha value is -2.46. The Morgan fingerprint density at radius 3 is 2.74 bits per heavy atom. The molecule has 0 unspecified atom stereocenters. The van der Waals surface area contributed by atoms with E-state index >= 15 is 0 Å². The highest BCUT2D eigenvalue weighted by Gasteiger charge is 2.34. The minimum absolute atomic E-state index is 0.148. The summed E-state index contributed by atoms with van der Waals surface area (Å²) in [4.78, 5) is 22.0. The molecule has 0 amide bonds. The van der Waals surface area contributed by atoms with Crippen LogP contribution >= 0.6 is 22.9 Å². The first kappa shape index (κ1) is 19.3. The second kappa shape index (κ2) is 7.28. The van der Waals surface area contributed by atoms with Crippen molar-refractivity contribution in [3.8, 4) is 0 Å². The van der Waals surface area contributed by atoms with Gasteiger partial charge in [-0.05, 0) is 19.1 Å². The topological polar surface area (TPSA) is 64.5 Å². The largest absolute Gasteiger partial charge is 0.435 e. The fourth-order valence-corrected chi connectivity index (χ4v) is 3.61. The smallest absolute Gasteiger partial charge is 0.297 e. The number of aromatic nitrogens is 4. The van der Waals surface area contributed by atoms with Gasteiger partial charge in [0.05, 0.1) is 17.9 Å². The number of allylic oxidation sites excluding steroid dienone is 1. The average molecular weight is 416 g/mol. The molecule has 0 saturated heterocycles. The lowest BCUT2D eigenvalue weighted by atomic mass is 10.3. The molecule has 3 rings (SSSR count). The predicted molar refractivity (Wildman–Crippen MR) is 98.9 cm³/mol. The third-order valence-corrected chi connectivity index (χ3v) is 4.89. The van der Waals surface area contributed by atoms with Crippen molar-refractivity contribution in [2.24, 2.45) is 4.99 Å². The van der Waals surface area contributed by atoms with Crippen molar-refractivity contribution in [3.63, 3.8) is 0 Å². The summed E-state index contributed by atoms with van der Waals surface area (Å²) < 4.78 is 40.6. The minimum atomic E-state index is -4.60. The zero-order valence-corrected chi connectivity index (χ0v) is 15.7. The van der Waals surface area contributed by atoms with Crippen molar-refractivity contribution in [3.05, 3.63) is 55.7 Å². The molecule has 0 bridgehead atoms. The fourth-order valence-electron chi connectivity index (χ4n) is 2.43. The molecule has 11 heteroatoms. The summed E-state index contributed by atoms with van der Waals surface area (Å²) in [6.45, 7) is 1.70. The molecule has 0 saturated carbocycles. The van der Waals surface area contributed by atoms with E-state index in [9.17, 15) is 18.0 Å². The Morgan fingerprint density at radius 2 is 2.11 bits per heavy atom. The molecule has 6 nitrogen and oxygen atoms in total. The van der Waals surface area contributed by atoms with Gasteiger partial charge in [-0.15, -0.1) is 11.3 Å². The van der Waals surface area contributed by atoms with Gasteiger partial charge in [-0.1, -0.05) is 11.6 Å². The van der Waals surface area contributed by atoms with Crippen molar-refractivity contribution < 1.29 is 13.2 Å². The standard InChI is InChI=1S/C16H13ClF3N5OS/c1-9-11(4-3-5-21-2)25-14(26)6-10(22-15(25)27-9)8-24-13(17)7-12(23-24)16(18,19)20/h3-7H,8H2,1-2H3/b4-3+,21-5+. The maximum Gasteiger partial charge on any atom is 0.435 e. The molecule has 3 heterocycles. The van der Waals surface area contributed by atoms with Crippen LogP contribution in [0.5, 0.6) is 0 Å². The number of nitrogens with zero attached hydrogens (tertiary/aromatic N) is 5. The Balaban J connectivity index is 2.01. The summed E-state index contributed by atoms with van der Waals surface area (Å²) >= 11 is 7.13. The normalized spacial score (nSPS) is 12.8. The molecule has 3 aromatic rings. The second-order valence-corrected chi connectivity index (χ2v) is 7.09. The highest BCUT2D eigenvalue weighted by molar-refractivity contribution is 7.17. The quantitative estimate of drug-likeness (QED) is 0.610. The second-order valence-electron chi connectivity index (χ2n) is 5.52. The van der Waals surface area contributed by atoms with E-state index < -0.39 is 11.9 Å². The third kappa shape index (κ3) is 3.96. The van der Waals surface area contributed by atoms with Crippen LogP contribution in [0.2, 0.25) is 5.15 Å². The number of aliphatic imine (C=N–C) groups is 1. The van der Waals surface area contributed by atoms with E-state index in [1.807, 2.05) is 6.92 Å². The number of hydrogen-bond acceptors (Lipinski definition) is 5. The van der Waals surface area contributed by atoms with Crippen LogP contribution in [-0.2, 0) is 12.7 Å². The van der Waals surface area contributed by atoms with Crippen molar-refractivity contribution in [1.82, 2.24) is 19.2 Å². The van der Waals surface area contributed by atoms with Crippen LogP contribution in [-0.4, -0.2) is 32.4 Å². The Kier molecular flexibility index (Phi) is 5.20. The van der Waals surface area contributed by atoms with Gasteiger partial charge in [-0.25, -0.2) is 9.67 Å². The number of fused-ring (bicyclic) bond motifs is 1. The Labute approximate surface area is 160 Å². The molecular formula is C16H13ClF3N5OS. The fraction of sp³-hybridized carbons (Fsp3) is 0.250. The number of thiazole rings is 1. The van der Waals surface area contributed by atoms with Gasteiger partial charge < -0.3 is 0 Å². The van der Waals surface area contributed by atoms with Crippen molar-refractivity contribution in [2.75, 3.05) is 7.05 Å². The maximum atomic E-state index is 12.7. The van der Waals surface area contributed by atoms with Gasteiger partial charge in [-0.3, -0.25) is 14.2 Å². The van der Waals surface area contributed by atoms with Crippen molar-refractivity contribution >= 4 is 40.2 Å². The third-order valence-electron chi connectivity index (χ3n) is 3.61. The van der Waals surface area contributed by atoms with Crippen LogP contribution in [0.4, 0.5) is 13.2 Å². The molecule has 0 aromatic carbocycles. The van der Waals surface area contributed by atoms with Gasteiger partial charge >= 0.3 is 6.18 Å². The zero-order valence-electron chi connectivity index (χ0n) is 14.2. The molecule has 0 radical (unpaired) electrons. The van der Waals surface area contributed by atoms with Crippen LogP contribution in [0.3, 0.4) is 0 Å². The van der Waals surface area contributed by atoms with E-state index in [2.05, 4.69) is 15.1 Å². The lowest BCUT2D eigenvalue weighted by Crippen LogP contribution is -2.17. The van der Waals surface area contributed by atoms with Crippen molar-refractivity contribution in [1.29, 1.82) is 0 Å². The Morgan fingerprint density at radius 1 is 1.37 bits per heavy atom. The summed E-state index contributed by atoms with van der Waals surface area (Å²) in [5, 5.41) is 3.26. The van der Waals surface area contributed by atoms with E-state index in [1.165, 1.54) is 21.8 Å². The lowest BCUT2D eigenvalue weighted by Gasteiger charge is -2.04. The number of alkyl halides is 3. The van der Waals surface area contributed by atoms with Gasteiger partial charge in [0.2, 0.25) is 0 Å². The van der Waals surface area contributed by atoms with Crippen LogP contribution in [0.1, 0.15) is 22.0 Å².